The molecule has 0 aliphatic carbocycles. The standard InChI is InChI=1S/C15H25N3O2.HI/c1-6-16-14(18-15(2,3)4)17-10-11-7-8-13(20-5)12(19)9-11;/h7-9,19H,6,10H2,1-5H3,(H2,16,17,18);1H. The lowest BCUT2D eigenvalue weighted by Crippen LogP contribution is -2.47. The number of hydrogen-bond acceptors (Lipinski definition) is 3. The van der Waals surface area contributed by atoms with Crippen molar-refractivity contribution < 1.29 is 9.84 Å². The summed E-state index contributed by atoms with van der Waals surface area (Å²) in [5.41, 5.74) is 0.873. The van der Waals surface area contributed by atoms with Crippen LogP contribution in [0.4, 0.5) is 0 Å². The maximum absolute atomic E-state index is 9.74. The van der Waals surface area contributed by atoms with E-state index >= 15 is 0 Å². The van der Waals surface area contributed by atoms with Gasteiger partial charge in [0.2, 0.25) is 0 Å². The van der Waals surface area contributed by atoms with Crippen molar-refractivity contribution in [2.75, 3.05) is 13.7 Å². The molecular formula is C15H26IN3O2. The van der Waals surface area contributed by atoms with E-state index in [0.29, 0.717) is 12.3 Å². The molecule has 120 valence electrons. The zero-order valence-electron chi connectivity index (χ0n) is 13.4. The van der Waals surface area contributed by atoms with Gasteiger partial charge in [0.25, 0.3) is 0 Å². The number of ether oxygens (including phenoxy) is 1. The Balaban J connectivity index is 0.00000400. The van der Waals surface area contributed by atoms with Crippen molar-refractivity contribution in [1.29, 1.82) is 0 Å². The molecule has 6 heteroatoms. The number of rotatable bonds is 4. The Kier molecular flexibility index (Phi) is 8.46. The summed E-state index contributed by atoms with van der Waals surface area (Å²) in [5.74, 6) is 1.36. The van der Waals surface area contributed by atoms with Crippen LogP contribution in [0.2, 0.25) is 0 Å². The smallest absolute Gasteiger partial charge is 0.191 e. The zero-order chi connectivity index (χ0) is 15.2. The SMILES string of the molecule is CCNC(=NCc1ccc(OC)c(O)c1)NC(C)(C)C.I. The van der Waals surface area contributed by atoms with Gasteiger partial charge in [-0.2, -0.15) is 0 Å². The third-order valence-corrected chi connectivity index (χ3v) is 2.50. The normalized spacial score (nSPS) is 11.6. The summed E-state index contributed by atoms with van der Waals surface area (Å²) in [4.78, 5) is 4.51. The first-order chi connectivity index (χ1) is 9.35. The molecule has 0 heterocycles. The summed E-state index contributed by atoms with van der Waals surface area (Å²) in [5, 5.41) is 16.3. The number of nitrogens with one attached hydrogen (secondary N) is 2. The zero-order valence-corrected chi connectivity index (χ0v) is 15.7. The van der Waals surface area contributed by atoms with Gasteiger partial charge in [0.1, 0.15) is 0 Å². The van der Waals surface area contributed by atoms with Crippen LogP contribution in [-0.4, -0.2) is 30.3 Å². The number of benzene rings is 1. The Morgan fingerprint density at radius 1 is 1.33 bits per heavy atom. The monoisotopic (exact) mass is 407 g/mol. The Labute approximate surface area is 144 Å². The van der Waals surface area contributed by atoms with Gasteiger partial charge in [-0.3, -0.25) is 0 Å². The number of hydrogen-bond donors (Lipinski definition) is 3. The van der Waals surface area contributed by atoms with Gasteiger partial charge >= 0.3 is 0 Å². The third-order valence-electron chi connectivity index (χ3n) is 2.50. The van der Waals surface area contributed by atoms with Crippen molar-refractivity contribution in [3.8, 4) is 11.5 Å². The molecule has 0 spiro atoms. The first-order valence-electron chi connectivity index (χ1n) is 6.78. The van der Waals surface area contributed by atoms with E-state index in [0.717, 1.165) is 18.1 Å². The molecule has 1 rings (SSSR count). The molecule has 0 unspecified atom stereocenters. The van der Waals surface area contributed by atoms with E-state index in [9.17, 15) is 5.11 Å². The Morgan fingerprint density at radius 2 is 2.00 bits per heavy atom. The molecule has 5 nitrogen and oxygen atoms in total. The third kappa shape index (κ3) is 7.40. The van der Waals surface area contributed by atoms with Gasteiger partial charge in [-0.25, -0.2) is 4.99 Å². The van der Waals surface area contributed by atoms with Crippen LogP contribution < -0.4 is 15.4 Å². The fourth-order valence-electron chi connectivity index (χ4n) is 1.67. The summed E-state index contributed by atoms with van der Waals surface area (Å²) in [6, 6.07) is 5.30. The molecule has 3 N–H and O–H groups in total. The topological polar surface area (TPSA) is 65.9 Å². The van der Waals surface area contributed by atoms with Crippen molar-refractivity contribution in [2.45, 2.75) is 39.8 Å². The first-order valence-corrected chi connectivity index (χ1v) is 6.78. The quantitative estimate of drug-likeness (QED) is 0.408. The minimum atomic E-state index is -0.0525. The second kappa shape index (κ2) is 8.96. The molecule has 0 radical (unpaired) electrons. The fourth-order valence-corrected chi connectivity index (χ4v) is 1.67. The van der Waals surface area contributed by atoms with Crippen LogP contribution in [0, 0.1) is 0 Å². The summed E-state index contributed by atoms with van der Waals surface area (Å²) in [7, 11) is 1.53. The molecule has 0 atom stereocenters. The Hall–Kier alpha value is -1.18. The number of aliphatic imine (C=N–C) groups is 1. The predicted molar refractivity (Wildman–Crippen MR) is 97.8 cm³/mol. The number of halogens is 1. The van der Waals surface area contributed by atoms with Gasteiger partial charge in [-0.15, -0.1) is 24.0 Å². The van der Waals surface area contributed by atoms with Crippen molar-refractivity contribution in [2.24, 2.45) is 4.99 Å². The molecule has 1 aromatic rings. The van der Waals surface area contributed by atoms with Crippen molar-refractivity contribution >= 4 is 29.9 Å². The molecule has 1 aromatic carbocycles. The van der Waals surface area contributed by atoms with E-state index in [1.165, 1.54) is 7.11 Å². The molecule has 0 bridgehead atoms. The van der Waals surface area contributed by atoms with Crippen LogP contribution in [0.25, 0.3) is 0 Å². The van der Waals surface area contributed by atoms with Gasteiger partial charge in [0.15, 0.2) is 17.5 Å². The molecule has 21 heavy (non-hydrogen) atoms. The van der Waals surface area contributed by atoms with Gasteiger partial charge in [0, 0.05) is 12.1 Å². The summed E-state index contributed by atoms with van der Waals surface area (Å²) in [6.45, 7) is 9.56. The molecule has 0 saturated carbocycles. The predicted octanol–water partition coefficient (Wildman–Crippen LogP) is 2.87. The fraction of sp³-hybridized carbons (Fsp3) is 0.533. The average molecular weight is 407 g/mol. The van der Waals surface area contributed by atoms with E-state index in [1.807, 2.05) is 13.0 Å². The minimum absolute atomic E-state index is 0. The number of methoxy groups -OCH3 is 1. The number of nitrogens with zero attached hydrogens (tertiary/aromatic N) is 1. The van der Waals surface area contributed by atoms with Crippen molar-refractivity contribution in [3.05, 3.63) is 23.8 Å². The maximum Gasteiger partial charge on any atom is 0.191 e. The number of guanidine groups is 1. The van der Waals surface area contributed by atoms with E-state index in [2.05, 4.69) is 36.4 Å². The average Bonchev–Trinajstić information content (AvgIpc) is 2.34. The van der Waals surface area contributed by atoms with Crippen LogP contribution in [0.15, 0.2) is 23.2 Å². The number of phenols is 1. The highest BCUT2D eigenvalue weighted by Crippen LogP contribution is 2.26. The van der Waals surface area contributed by atoms with E-state index in [4.69, 9.17) is 4.74 Å². The number of aromatic hydroxyl groups is 1. The molecule has 0 aliphatic rings. The summed E-state index contributed by atoms with van der Waals surface area (Å²) in [6.07, 6.45) is 0. The highest BCUT2D eigenvalue weighted by atomic mass is 127. The van der Waals surface area contributed by atoms with Gasteiger partial charge in [-0.1, -0.05) is 6.07 Å². The summed E-state index contributed by atoms with van der Waals surface area (Å²) < 4.78 is 5.02. The first kappa shape index (κ1) is 19.8. The van der Waals surface area contributed by atoms with Crippen LogP contribution >= 0.6 is 24.0 Å². The second-order valence-corrected chi connectivity index (χ2v) is 5.58. The second-order valence-electron chi connectivity index (χ2n) is 5.58. The minimum Gasteiger partial charge on any atom is -0.504 e. The van der Waals surface area contributed by atoms with Crippen LogP contribution in [0.5, 0.6) is 11.5 Å². The molecular weight excluding hydrogens is 381 g/mol. The molecule has 0 amide bonds. The van der Waals surface area contributed by atoms with Gasteiger partial charge in [0.05, 0.1) is 13.7 Å². The van der Waals surface area contributed by atoms with E-state index in [-0.39, 0.29) is 35.3 Å². The van der Waals surface area contributed by atoms with Crippen LogP contribution in [0.3, 0.4) is 0 Å². The molecule has 0 saturated heterocycles. The Bertz CT molecular complexity index is 470. The Morgan fingerprint density at radius 3 is 2.48 bits per heavy atom. The largest absolute Gasteiger partial charge is 0.504 e. The lowest BCUT2D eigenvalue weighted by atomic mass is 10.1. The maximum atomic E-state index is 9.74. The molecule has 0 fully saturated rings. The number of phenolic OH excluding ortho intramolecular Hbond substituents is 1. The van der Waals surface area contributed by atoms with Crippen molar-refractivity contribution in [3.63, 3.8) is 0 Å². The molecule has 0 aliphatic heterocycles. The van der Waals surface area contributed by atoms with Gasteiger partial charge < -0.3 is 20.5 Å². The van der Waals surface area contributed by atoms with Crippen LogP contribution in [0.1, 0.15) is 33.3 Å². The van der Waals surface area contributed by atoms with E-state index in [1.54, 1.807) is 12.1 Å². The van der Waals surface area contributed by atoms with Gasteiger partial charge in [-0.05, 0) is 45.4 Å². The molecule has 0 aromatic heterocycles. The van der Waals surface area contributed by atoms with E-state index < -0.39 is 0 Å². The lowest BCUT2D eigenvalue weighted by molar-refractivity contribution is 0.373. The lowest BCUT2D eigenvalue weighted by Gasteiger charge is -2.23. The highest BCUT2D eigenvalue weighted by Gasteiger charge is 2.11. The summed E-state index contributed by atoms with van der Waals surface area (Å²) >= 11 is 0. The van der Waals surface area contributed by atoms with Crippen molar-refractivity contribution in [1.82, 2.24) is 10.6 Å². The highest BCUT2D eigenvalue weighted by molar-refractivity contribution is 14.0. The van der Waals surface area contributed by atoms with Crippen LogP contribution in [-0.2, 0) is 6.54 Å².